The maximum atomic E-state index is 13.0. The first-order valence-corrected chi connectivity index (χ1v) is 7.32. The first-order valence-electron chi connectivity index (χ1n) is 7.32. The highest BCUT2D eigenvalue weighted by molar-refractivity contribution is 5.85. The fraction of sp³-hybridized carbons (Fsp3) is 0.167. The summed E-state index contributed by atoms with van der Waals surface area (Å²) in [5.74, 6) is 1.34. The van der Waals surface area contributed by atoms with Gasteiger partial charge in [-0.05, 0) is 30.3 Å². The van der Waals surface area contributed by atoms with E-state index in [2.05, 4.69) is 10.3 Å². The number of para-hydroxylation sites is 1. The second kappa shape index (κ2) is 7.84. The van der Waals surface area contributed by atoms with Gasteiger partial charge in [-0.2, -0.15) is 0 Å². The van der Waals surface area contributed by atoms with Crippen LogP contribution >= 0.6 is 12.4 Å². The molecule has 0 spiro atoms. The van der Waals surface area contributed by atoms with Gasteiger partial charge in [0.15, 0.2) is 0 Å². The van der Waals surface area contributed by atoms with Gasteiger partial charge in [0.05, 0.1) is 19.0 Å². The van der Waals surface area contributed by atoms with Gasteiger partial charge < -0.3 is 14.6 Å². The van der Waals surface area contributed by atoms with E-state index in [0.717, 1.165) is 28.5 Å². The third-order valence-electron chi connectivity index (χ3n) is 3.76. The van der Waals surface area contributed by atoms with E-state index < -0.39 is 0 Å². The molecule has 0 aliphatic carbocycles. The van der Waals surface area contributed by atoms with Crippen molar-refractivity contribution in [2.24, 2.45) is 7.05 Å². The van der Waals surface area contributed by atoms with Gasteiger partial charge in [-0.3, -0.25) is 0 Å². The zero-order chi connectivity index (χ0) is 16.2. The van der Waals surface area contributed by atoms with E-state index in [1.807, 2.05) is 35.9 Å². The van der Waals surface area contributed by atoms with Gasteiger partial charge in [-0.15, -0.1) is 12.4 Å². The smallest absolute Gasteiger partial charge is 0.203 e. The quantitative estimate of drug-likeness (QED) is 0.749. The lowest BCUT2D eigenvalue weighted by Gasteiger charge is -2.11. The van der Waals surface area contributed by atoms with Crippen LogP contribution in [0.15, 0.2) is 54.7 Å². The van der Waals surface area contributed by atoms with Crippen molar-refractivity contribution in [1.29, 1.82) is 0 Å². The van der Waals surface area contributed by atoms with Gasteiger partial charge in [0.2, 0.25) is 5.95 Å². The van der Waals surface area contributed by atoms with E-state index in [0.29, 0.717) is 6.54 Å². The number of nitrogens with zero attached hydrogens (tertiary/aromatic N) is 2. The summed E-state index contributed by atoms with van der Waals surface area (Å²) < 4.78 is 20.3. The number of anilines is 1. The molecule has 0 fully saturated rings. The molecule has 0 amide bonds. The molecule has 4 nitrogen and oxygen atoms in total. The van der Waals surface area contributed by atoms with Gasteiger partial charge in [0, 0.05) is 24.7 Å². The summed E-state index contributed by atoms with van der Waals surface area (Å²) >= 11 is 0. The maximum absolute atomic E-state index is 13.0. The lowest BCUT2D eigenvalue weighted by Crippen LogP contribution is -2.06. The highest BCUT2D eigenvalue weighted by Crippen LogP contribution is 2.23. The molecular weight excluding hydrogens is 329 g/mol. The number of ether oxygens (including phenoxy) is 1. The topological polar surface area (TPSA) is 39.1 Å². The fourth-order valence-electron chi connectivity index (χ4n) is 2.49. The van der Waals surface area contributed by atoms with Gasteiger partial charge >= 0.3 is 0 Å². The largest absolute Gasteiger partial charge is 0.496 e. The standard InChI is InChI=1S/C18H18FN3O.ClH/c1-22-16(13-7-9-15(19)10-8-13)12-21-18(22)20-11-14-5-3-4-6-17(14)23-2;/h3-10,12H,11H2,1-2H3,(H,20,21);1H. The third-order valence-corrected chi connectivity index (χ3v) is 3.76. The highest BCUT2D eigenvalue weighted by atomic mass is 35.5. The fourth-order valence-corrected chi connectivity index (χ4v) is 2.49. The monoisotopic (exact) mass is 347 g/mol. The minimum absolute atomic E-state index is 0. The van der Waals surface area contributed by atoms with Crippen LogP contribution in [0.25, 0.3) is 11.3 Å². The Morgan fingerprint density at radius 2 is 1.83 bits per heavy atom. The Hall–Kier alpha value is -2.53. The van der Waals surface area contributed by atoms with Crippen molar-refractivity contribution < 1.29 is 9.13 Å². The number of benzene rings is 2. The van der Waals surface area contributed by atoms with E-state index in [9.17, 15) is 4.39 Å². The molecule has 3 aromatic rings. The summed E-state index contributed by atoms with van der Waals surface area (Å²) in [4.78, 5) is 4.40. The Morgan fingerprint density at radius 1 is 1.12 bits per heavy atom. The number of hydrogen-bond donors (Lipinski definition) is 1. The van der Waals surface area contributed by atoms with E-state index in [1.54, 1.807) is 25.4 Å². The van der Waals surface area contributed by atoms with Crippen LogP contribution in [-0.2, 0) is 13.6 Å². The summed E-state index contributed by atoms with van der Waals surface area (Å²) in [7, 11) is 3.59. The van der Waals surface area contributed by atoms with Crippen LogP contribution in [0, 0.1) is 5.82 Å². The minimum atomic E-state index is -0.245. The zero-order valence-electron chi connectivity index (χ0n) is 13.5. The van der Waals surface area contributed by atoms with Crippen molar-refractivity contribution in [3.63, 3.8) is 0 Å². The Balaban J connectivity index is 0.00000208. The van der Waals surface area contributed by atoms with Crippen LogP contribution in [0.1, 0.15) is 5.56 Å². The normalized spacial score (nSPS) is 10.1. The number of aromatic nitrogens is 2. The molecule has 1 aromatic heterocycles. The zero-order valence-corrected chi connectivity index (χ0v) is 14.3. The molecule has 0 aliphatic heterocycles. The number of nitrogens with one attached hydrogen (secondary N) is 1. The number of hydrogen-bond acceptors (Lipinski definition) is 3. The van der Waals surface area contributed by atoms with Crippen molar-refractivity contribution >= 4 is 18.4 Å². The Bertz CT molecular complexity index is 802. The van der Waals surface area contributed by atoms with Crippen LogP contribution in [0.5, 0.6) is 5.75 Å². The first kappa shape index (κ1) is 17.8. The minimum Gasteiger partial charge on any atom is -0.496 e. The molecular formula is C18H19ClFN3O. The second-order valence-corrected chi connectivity index (χ2v) is 5.20. The van der Waals surface area contributed by atoms with Crippen LogP contribution in [0.3, 0.4) is 0 Å². The molecule has 1 heterocycles. The SMILES string of the molecule is COc1ccccc1CNc1ncc(-c2ccc(F)cc2)n1C.Cl. The number of imidazole rings is 1. The lowest BCUT2D eigenvalue weighted by atomic mass is 10.2. The Kier molecular flexibility index (Phi) is 5.82. The molecule has 1 N–H and O–H groups in total. The van der Waals surface area contributed by atoms with Crippen LogP contribution in [0.2, 0.25) is 0 Å². The summed E-state index contributed by atoms with van der Waals surface area (Å²) in [5, 5.41) is 3.30. The van der Waals surface area contributed by atoms with E-state index in [1.165, 1.54) is 12.1 Å². The summed E-state index contributed by atoms with van der Waals surface area (Å²) in [6, 6.07) is 14.2. The van der Waals surface area contributed by atoms with Crippen molar-refractivity contribution in [2.45, 2.75) is 6.54 Å². The molecule has 2 aromatic carbocycles. The molecule has 0 atom stereocenters. The molecule has 0 saturated carbocycles. The maximum Gasteiger partial charge on any atom is 0.203 e. The Morgan fingerprint density at radius 3 is 2.54 bits per heavy atom. The lowest BCUT2D eigenvalue weighted by molar-refractivity contribution is 0.410. The summed E-state index contributed by atoms with van der Waals surface area (Å²) in [6.45, 7) is 0.609. The van der Waals surface area contributed by atoms with Crippen LogP contribution in [0.4, 0.5) is 10.3 Å². The average Bonchev–Trinajstić information content (AvgIpc) is 2.95. The third kappa shape index (κ3) is 3.68. The van der Waals surface area contributed by atoms with Crippen LogP contribution in [-0.4, -0.2) is 16.7 Å². The number of rotatable bonds is 5. The highest BCUT2D eigenvalue weighted by Gasteiger charge is 2.09. The molecule has 0 aliphatic rings. The predicted octanol–water partition coefficient (Wildman–Crippen LogP) is 4.27. The molecule has 0 saturated heterocycles. The Labute approximate surface area is 146 Å². The number of halogens is 2. The predicted molar refractivity (Wildman–Crippen MR) is 96.2 cm³/mol. The van der Waals surface area contributed by atoms with Crippen LogP contribution < -0.4 is 10.1 Å². The molecule has 0 bridgehead atoms. The van der Waals surface area contributed by atoms with Crippen molar-refractivity contribution in [2.75, 3.05) is 12.4 Å². The molecule has 3 rings (SSSR count). The summed E-state index contributed by atoms with van der Waals surface area (Å²) in [6.07, 6.45) is 1.78. The summed E-state index contributed by atoms with van der Waals surface area (Å²) in [5.41, 5.74) is 2.90. The van der Waals surface area contributed by atoms with Crippen molar-refractivity contribution in [3.8, 4) is 17.0 Å². The van der Waals surface area contributed by atoms with Gasteiger partial charge in [0.25, 0.3) is 0 Å². The van der Waals surface area contributed by atoms with Gasteiger partial charge in [-0.1, -0.05) is 18.2 Å². The van der Waals surface area contributed by atoms with E-state index in [-0.39, 0.29) is 18.2 Å². The van der Waals surface area contributed by atoms with Crippen molar-refractivity contribution in [3.05, 3.63) is 66.1 Å². The van der Waals surface area contributed by atoms with Crippen molar-refractivity contribution in [1.82, 2.24) is 9.55 Å². The average molecular weight is 348 g/mol. The molecule has 0 unspecified atom stereocenters. The van der Waals surface area contributed by atoms with E-state index >= 15 is 0 Å². The molecule has 126 valence electrons. The van der Waals surface area contributed by atoms with E-state index in [4.69, 9.17) is 4.74 Å². The molecule has 24 heavy (non-hydrogen) atoms. The molecule has 6 heteroatoms. The molecule has 0 radical (unpaired) electrons. The second-order valence-electron chi connectivity index (χ2n) is 5.20. The first-order chi connectivity index (χ1) is 11.2. The number of methoxy groups -OCH3 is 1. The van der Waals surface area contributed by atoms with Gasteiger partial charge in [0.1, 0.15) is 11.6 Å². The van der Waals surface area contributed by atoms with Gasteiger partial charge in [-0.25, -0.2) is 9.37 Å².